The molecule has 0 bridgehead atoms. The molecule has 7 heteroatoms. The Balaban J connectivity index is 2.91. The summed E-state index contributed by atoms with van der Waals surface area (Å²) in [7, 11) is 0. The number of nitriles is 1. The topological polar surface area (TPSA) is 93.4 Å². The van der Waals surface area contributed by atoms with E-state index in [1.807, 2.05) is 6.07 Å². The SMILES string of the molecule is C#CCN(CC(=O)O)C(=O)Nc1ccc(Br)cc1C#N. The van der Waals surface area contributed by atoms with Gasteiger partial charge >= 0.3 is 12.0 Å². The van der Waals surface area contributed by atoms with Crippen LogP contribution in [0.2, 0.25) is 0 Å². The monoisotopic (exact) mass is 335 g/mol. The van der Waals surface area contributed by atoms with E-state index in [4.69, 9.17) is 16.8 Å². The summed E-state index contributed by atoms with van der Waals surface area (Å²) in [6, 6.07) is 5.99. The number of benzene rings is 1. The van der Waals surface area contributed by atoms with Gasteiger partial charge in [-0.25, -0.2) is 4.79 Å². The minimum absolute atomic E-state index is 0.142. The molecule has 1 aromatic rings. The van der Waals surface area contributed by atoms with Gasteiger partial charge < -0.3 is 15.3 Å². The van der Waals surface area contributed by atoms with Gasteiger partial charge in [-0.2, -0.15) is 5.26 Å². The highest BCUT2D eigenvalue weighted by molar-refractivity contribution is 9.10. The van der Waals surface area contributed by atoms with E-state index in [0.29, 0.717) is 4.47 Å². The molecule has 0 aliphatic rings. The van der Waals surface area contributed by atoms with E-state index < -0.39 is 18.5 Å². The number of urea groups is 1. The van der Waals surface area contributed by atoms with Crippen LogP contribution in [0.4, 0.5) is 10.5 Å². The molecule has 0 aliphatic heterocycles. The van der Waals surface area contributed by atoms with E-state index in [2.05, 4.69) is 27.2 Å². The lowest BCUT2D eigenvalue weighted by molar-refractivity contribution is -0.137. The molecule has 1 rings (SSSR count). The van der Waals surface area contributed by atoms with Gasteiger partial charge in [0.25, 0.3) is 0 Å². The van der Waals surface area contributed by atoms with Gasteiger partial charge in [-0.15, -0.1) is 6.42 Å². The van der Waals surface area contributed by atoms with Gasteiger partial charge in [-0.3, -0.25) is 4.79 Å². The number of hydrogen-bond acceptors (Lipinski definition) is 3. The van der Waals surface area contributed by atoms with Crippen molar-refractivity contribution in [1.82, 2.24) is 4.90 Å². The molecule has 20 heavy (non-hydrogen) atoms. The number of carboxylic acid groups (broad SMARTS) is 1. The molecule has 2 amide bonds. The van der Waals surface area contributed by atoms with Crippen LogP contribution in [0.5, 0.6) is 0 Å². The van der Waals surface area contributed by atoms with Crippen molar-refractivity contribution < 1.29 is 14.7 Å². The van der Waals surface area contributed by atoms with Crippen LogP contribution < -0.4 is 5.32 Å². The van der Waals surface area contributed by atoms with Crippen LogP contribution in [0.25, 0.3) is 0 Å². The van der Waals surface area contributed by atoms with Crippen LogP contribution >= 0.6 is 15.9 Å². The standard InChI is InChI=1S/C13H10BrN3O3/c1-2-5-17(8-12(18)19)13(20)16-11-4-3-10(14)6-9(11)7-15/h1,3-4,6H,5,8H2,(H,16,20)(H,18,19). The zero-order valence-corrected chi connectivity index (χ0v) is 11.8. The average Bonchev–Trinajstić information content (AvgIpc) is 2.39. The molecule has 0 saturated heterocycles. The number of carboxylic acids is 1. The van der Waals surface area contributed by atoms with Crippen molar-refractivity contribution in [1.29, 1.82) is 5.26 Å². The lowest BCUT2D eigenvalue weighted by Gasteiger charge is -2.19. The van der Waals surface area contributed by atoms with Gasteiger partial charge in [0.2, 0.25) is 0 Å². The molecule has 0 radical (unpaired) electrons. The molecule has 1 aromatic carbocycles. The molecule has 0 atom stereocenters. The number of nitrogens with zero attached hydrogens (tertiary/aromatic N) is 2. The molecule has 0 unspecified atom stereocenters. The largest absolute Gasteiger partial charge is 0.480 e. The highest BCUT2D eigenvalue weighted by Crippen LogP contribution is 2.20. The lowest BCUT2D eigenvalue weighted by Crippen LogP contribution is -2.39. The Morgan fingerprint density at radius 2 is 2.20 bits per heavy atom. The van der Waals surface area contributed by atoms with Crippen molar-refractivity contribution in [2.45, 2.75) is 0 Å². The average molecular weight is 336 g/mol. The Bertz CT molecular complexity index is 616. The number of nitrogens with one attached hydrogen (secondary N) is 1. The smallest absolute Gasteiger partial charge is 0.323 e. The zero-order chi connectivity index (χ0) is 15.1. The molecule has 6 nitrogen and oxygen atoms in total. The fraction of sp³-hybridized carbons (Fsp3) is 0.154. The van der Waals surface area contributed by atoms with Crippen LogP contribution in [-0.2, 0) is 4.79 Å². The van der Waals surface area contributed by atoms with E-state index in [1.165, 1.54) is 6.07 Å². The summed E-state index contributed by atoms with van der Waals surface area (Å²) >= 11 is 3.21. The summed E-state index contributed by atoms with van der Waals surface area (Å²) < 4.78 is 0.693. The Labute approximate surface area is 124 Å². The van der Waals surface area contributed by atoms with E-state index in [1.54, 1.807) is 12.1 Å². The molecule has 0 fully saturated rings. The highest BCUT2D eigenvalue weighted by Gasteiger charge is 2.17. The quantitative estimate of drug-likeness (QED) is 0.821. The maximum Gasteiger partial charge on any atom is 0.323 e. The molecule has 102 valence electrons. The predicted molar refractivity (Wildman–Crippen MR) is 75.9 cm³/mol. The van der Waals surface area contributed by atoms with Crippen molar-refractivity contribution in [2.75, 3.05) is 18.4 Å². The summed E-state index contributed by atoms with van der Waals surface area (Å²) in [5, 5.41) is 20.2. The van der Waals surface area contributed by atoms with Gasteiger partial charge in [0.05, 0.1) is 17.8 Å². The van der Waals surface area contributed by atoms with Gasteiger partial charge in [-0.05, 0) is 18.2 Å². The molecular formula is C13H10BrN3O3. The molecule has 0 saturated carbocycles. The van der Waals surface area contributed by atoms with Crippen LogP contribution in [0.3, 0.4) is 0 Å². The summed E-state index contributed by atoms with van der Waals surface area (Å²) in [5.41, 5.74) is 0.539. The first kappa shape index (κ1) is 15.5. The number of rotatable bonds is 4. The fourth-order valence-corrected chi connectivity index (χ4v) is 1.75. The fourth-order valence-electron chi connectivity index (χ4n) is 1.39. The molecule has 0 spiro atoms. The second kappa shape index (κ2) is 7.17. The first-order chi connectivity index (χ1) is 9.47. The molecule has 0 aromatic heterocycles. The Morgan fingerprint density at radius 1 is 1.50 bits per heavy atom. The second-order valence-corrected chi connectivity index (χ2v) is 4.60. The number of carbonyl (C=O) groups excluding carboxylic acids is 1. The highest BCUT2D eigenvalue weighted by atomic mass is 79.9. The number of terminal acetylenes is 1. The van der Waals surface area contributed by atoms with Gasteiger partial charge in [0, 0.05) is 4.47 Å². The first-order valence-corrected chi connectivity index (χ1v) is 6.18. The number of anilines is 1. The van der Waals surface area contributed by atoms with Crippen molar-refractivity contribution in [2.24, 2.45) is 0 Å². The predicted octanol–water partition coefficient (Wildman–Crippen LogP) is 1.87. The summed E-state index contributed by atoms with van der Waals surface area (Å²) in [5.74, 6) is 1.03. The zero-order valence-electron chi connectivity index (χ0n) is 10.3. The maximum absolute atomic E-state index is 11.9. The Hall–Kier alpha value is -2.51. The van der Waals surface area contributed by atoms with Crippen LogP contribution in [0, 0.1) is 23.7 Å². The third-order valence-corrected chi connectivity index (χ3v) is 2.73. The second-order valence-electron chi connectivity index (χ2n) is 3.69. The molecule has 0 aliphatic carbocycles. The van der Waals surface area contributed by atoms with E-state index in [0.717, 1.165) is 4.90 Å². The minimum atomic E-state index is -1.17. The first-order valence-electron chi connectivity index (χ1n) is 5.38. The van der Waals surface area contributed by atoms with E-state index in [9.17, 15) is 9.59 Å². The van der Waals surface area contributed by atoms with E-state index >= 15 is 0 Å². The third-order valence-electron chi connectivity index (χ3n) is 2.24. The number of hydrogen-bond donors (Lipinski definition) is 2. The van der Waals surface area contributed by atoms with Crippen molar-refractivity contribution in [3.8, 4) is 18.4 Å². The lowest BCUT2D eigenvalue weighted by atomic mass is 10.2. The maximum atomic E-state index is 11.9. The van der Waals surface area contributed by atoms with Crippen molar-refractivity contribution in [3.05, 3.63) is 28.2 Å². The minimum Gasteiger partial charge on any atom is -0.480 e. The number of halogens is 1. The normalized spacial score (nSPS) is 9.15. The summed E-state index contributed by atoms with van der Waals surface area (Å²) in [6.07, 6.45) is 5.09. The Morgan fingerprint density at radius 3 is 2.75 bits per heavy atom. The third kappa shape index (κ3) is 4.30. The Kier molecular flexibility index (Phi) is 5.57. The number of carbonyl (C=O) groups is 2. The number of amides is 2. The molecule has 2 N–H and O–H groups in total. The molecular weight excluding hydrogens is 326 g/mol. The van der Waals surface area contributed by atoms with Gasteiger partial charge in [-0.1, -0.05) is 21.9 Å². The van der Waals surface area contributed by atoms with Crippen LogP contribution in [0.15, 0.2) is 22.7 Å². The summed E-state index contributed by atoms with van der Waals surface area (Å²) in [4.78, 5) is 23.5. The van der Waals surface area contributed by atoms with Crippen LogP contribution in [0.1, 0.15) is 5.56 Å². The number of aliphatic carboxylic acids is 1. The van der Waals surface area contributed by atoms with Gasteiger partial charge in [0.15, 0.2) is 0 Å². The summed E-state index contributed by atoms with van der Waals surface area (Å²) in [6.45, 7) is -0.662. The van der Waals surface area contributed by atoms with Crippen LogP contribution in [-0.4, -0.2) is 35.1 Å². The van der Waals surface area contributed by atoms with Crippen molar-refractivity contribution >= 4 is 33.6 Å². The van der Waals surface area contributed by atoms with E-state index in [-0.39, 0.29) is 17.8 Å². The van der Waals surface area contributed by atoms with Crippen molar-refractivity contribution in [3.63, 3.8) is 0 Å². The molecule has 0 heterocycles. The van der Waals surface area contributed by atoms with Gasteiger partial charge in [0.1, 0.15) is 12.6 Å².